The van der Waals surface area contributed by atoms with Crippen LogP contribution in [0.4, 0.5) is 17.1 Å². The fourth-order valence-corrected chi connectivity index (χ4v) is 2.67. The van der Waals surface area contributed by atoms with E-state index >= 15 is 0 Å². The summed E-state index contributed by atoms with van der Waals surface area (Å²) >= 11 is 6.01. The zero-order valence-electron chi connectivity index (χ0n) is 11.6. The molecule has 21 heavy (non-hydrogen) atoms. The molecule has 1 heterocycles. The van der Waals surface area contributed by atoms with Crippen molar-refractivity contribution in [1.29, 1.82) is 0 Å². The van der Waals surface area contributed by atoms with Gasteiger partial charge < -0.3 is 21.5 Å². The van der Waals surface area contributed by atoms with Gasteiger partial charge in [0.1, 0.15) is 0 Å². The summed E-state index contributed by atoms with van der Waals surface area (Å²) in [5, 5.41) is 4.05. The smallest absolute Gasteiger partial charge is 0.0602 e. The lowest BCUT2D eigenvalue weighted by Gasteiger charge is -2.42. The molecule has 5 heteroatoms. The molecular formula is C16H18ClN3O. The summed E-state index contributed by atoms with van der Waals surface area (Å²) in [4.78, 5) is 0. The van der Waals surface area contributed by atoms with Gasteiger partial charge in [-0.1, -0.05) is 23.7 Å². The Kier molecular flexibility index (Phi) is 3.66. The van der Waals surface area contributed by atoms with Crippen molar-refractivity contribution in [3.05, 3.63) is 53.1 Å². The van der Waals surface area contributed by atoms with Crippen LogP contribution in [-0.4, -0.2) is 19.8 Å². The topological polar surface area (TPSA) is 73.3 Å². The van der Waals surface area contributed by atoms with Gasteiger partial charge in [0, 0.05) is 17.3 Å². The van der Waals surface area contributed by atoms with Gasteiger partial charge in [0.25, 0.3) is 0 Å². The number of halogens is 1. The minimum atomic E-state index is -0.0392. The van der Waals surface area contributed by atoms with Crippen molar-refractivity contribution in [2.45, 2.75) is 5.41 Å². The molecule has 2 aromatic rings. The maximum atomic E-state index is 6.01. The van der Waals surface area contributed by atoms with Crippen LogP contribution in [0.5, 0.6) is 0 Å². The molecule has 0 aromatic heterocycles. The monoisotopic (exact) mass is 303 g/mol. The first-order valence-electron chi connectivity index (χ1n) is 6.82. The quantitative estimate of drug-likeness (QED) is 0.759. The van der Waals surface area contributed by atoms with E-state index in [4.69, 9.17) is 27.8 Å². The third kappa shape index (κ3) is 2.77. The molecule has 0 aliphatic carbocycles. The number of nitrogens with two attached hydrogens (primary N) is 2. The van der Waals surface area contributed by atoms with Crippen molar-refractivity contribution in [2.24, 2.45) is 0 Å². The molecule has 4 nitrogen and oxygen atoms in total. The van der Waals surface area contributed by atoms with Crippen molar-refractivity contribution < 1.29 is 4.74 Å². The van der Waals surface area contributed by atoms with E-state index in [2.05, 4.69) is 17.4 Å². The molecule has 0 amide bonds. The van der Waals surface area contributed by atoms with Gasteiger partial charge >= 0.3 is 0 Å². The number of anilines is 3. The van der Waals surface area contributed by atoms with Gasteiger partial charge in [0.05, 0.1) is 30.0 Å². The molecule has 0 spiro atoms. The molecule has 1 fully saturated rings. The van der Waals surface area contributed by atoms with Crippen LogP contribution < -0.4 is 16.8 Å². The standard InChI is InChI=1S/C16H18ClN3O/c17-12-3-6-14(19)15(7-12)20-8-16(9-21-10-16)11-1-4-13(18)5-2-11/h1-7,20H,8-10,18-19H2. The van der Waals surface area contributed by atoms with E-state index in [1.54, 1.807) is 12.1 Å². The SMILES string of the molecule is Nc1ccc(C2(CNc3cc(Cl)ccc3N)COC2)cc1. The normalized spacial score (nSPS) is 16.2. The van der Waals surface area contributed by atoms with Crippen molar-refractivity contribution in [3.63, 3.8) is 0 Å². The Bertz CT molecular complexity index is 638. The van der Waals surface area contributed by atoms with Crippen molar-refractivity contribution in [3.8, 4) is 0 Å². The summed E-state index contributed by atoms with van der Waals surface area (Å²) in [5.41, 5.74) is 15.2. The third-order valence-corrected chi connectivity index (χ3v) is 4.15. The number of hydrogen-bond acceptors (Lipinski definition) is 4. The lowest BCUT2D eigenvalue weighted by Crippen LogP contribution is -2.51. The Labute approximate surface area is 129 Å². The largest absolute Gasteiger partial charge is 0.399 e. The van der Waals surface area contributed by atoms with E-state index in [9.17, 15) is 0 Å². The van der Waals surface area contributed by atoms with Gasteiger partial charge in [-0.3, -0.25) is 0 Å². The Hall–Kier alpha value is -1.91. The van der Waals surface area contributed by atoms with Gasteiger partial charge in [-0.15, -0.1) is 0 Å². The second kappa shape index (κ2) is 5.47. The molecular weight excluding hydrogens is 286 g/mol. The third-order valence-electron chi connectivity index (χ3n) is 3.91. The summed E-state index contributed by atoms with van der Waals surface area (Å²) in [6.07, 6.45) is 0. The minimum absolute atomic E-state index is 0.0392. The van der Waals surface area contributed by atoms with Gasteiger partial charge in [-0.05, 0) is 35.9 Å². The Morgan fingerprint density at radius 1 is 1.10 bits per heavy atom. The molecule has 0 saturated carbocycles. The second-order valence-corrected chi connectivity index (χ2v) is 5.92. The van der Waals surface area contributed by atoms with E-state index in [-0.39, 0.29) is 5.41 Å². The van der Waals surface area contributed by atoms with Gasteiger partial charge in [-0.25, -0.2) is 0 Å². The Balaban J connectivity index is 1.78. The predicted molar refractivity (Wildman–Crippen MR) is 87.7 cm³/mol. The van der Waals surface area contributed by atoms with Crippen LogP contribution in [-0.2, 0) is 10.2 Å². The average molecular weight is 304 g/mol. The van der Waals surface area contributed by atoms with E-state index in [1.165, 1.54) is 5.56 Å². The predicted octanol–water partition coefficient (Wildman–Crippen LogP) is 2.88. The molecule has 2 aromatic carbocycles. The summed E-state index contributed by atoms with van der Waals surface area (Å²) in [6.45, 7) is 2.11. The highest BCUT2D eigenvalue weighted by atomic mass is 35.5. The number of nitrogens with one attached hydrogen (secondary N) is 1. The average Bonchev–Trinajstić information content (AvgIpc) is 2.43. The first-order valence-corrected chi connectivity index (χ1v) is 7.20. The number of benzene rings is 2. The van der Waals surface area contributed by atoms with Crippen LogP contribution >= 0.6 is 11.6 Å². The van der Waals surface area contributed by atoms with Crippen LogP contribution in [0.1, 0.15) is 5.56 Å². The molecule has 3 rings (SSSR count). The molecule has 0 bridgehead atoms. The van der Waals surface area contributed by atoms with Crippen molar-refractivity contribution >= 4 is 28.7 Å². The van der Waals surface area contributed by atoms with Crippen molar-refractivity contribution in [2.75, 3.05) is 36.5 Å². The van der Waals surface area contributed by atoms with Crippen LogP contribution in [0, 0.1) is 0 Å². The van der Waals surface area contributed by atoms with E-state index < -0.39 is 0 Å². The Morgan fingerprint density at radius 2 is 1.81 bits per heavy atom. The van der Waals surface area contributed by atoms with Crippen LogP contribution in [0.2, 0.25) is 5.02 Å². The number of ether oxygens (including phenoxy) is 1. The highest BCUT2D eigenvalue weighted by molar-refractivity contribution is 6.31. The first kappa shape index (κ1) is 14.0. The molecule has 0 atom stereocenters. The van der Waals surface area contributed by atoms with Gasteiger partial charge in [-0.2, -0.15) is 0 Å². The van der Waals surface area contributed by atoms with Crippen LogP contribution in [0.3, 0.4) is 0 Å². The molecule has 1 aliphatic rings. The highest BCUT2D eigenvalue weighted by Gasteiger charge is 2.40. The fourth-order valence-electron chi connectivity index (χ4n) is 2.50. The maximum absolute atomic E-state index is 6.01. The highest BCUT2D eigenvalue weighted by Crippen LogP contribution is 2.34. The molecule has 5 N–H and O–H groups in total. The maximum Gasteiger partial charge on any atom is 0.0602 e. The summed E-state index contributed by atoms with van der Waals surface area (Å²) in [7, 11) is 0. The summed E-state index contributed by atoms with van der Waals surface area (Å²) in [6, 6.07) is 13.4. The van der Waals surface area contributed by atoms with Crippen molar-refractivity contribution in [1.82, 2.24) is 0 Å². The molecule has 110 valence electrons. The number of nitrogen functional groups attached to an aromatic ring is 2. The van der Waals surface area contributed by atoms with Gasteiger partial charge in [0.2, 0.25) is 0 Å². The fraction of sp³-hybridized carbons (Fsp3) is 0.250. The number of hydrogen-bond donors (Lipinski definition) is 3. The minimum Gasteiger partial charge on any atom is -0.399 e. The van der Waals surface area contributed by atoms with E-state index in [1.807, 2.05) is 18.2 Å². The zero-order chi connectivity index (χ0) is 14.9. The van der Waals surface area contributed by atoms with Crippen LogP contribution in [0.15, 0.2) is 42.5 Å². The second-order valence-electron chi connectivity index (χ2n) is 5.48. The molecule has 1 saturated heterocycles. The van der Waals surface area contributed by atoms with E-state index in [0.29, 0.717) is 23.9 Å². The van der Waals surface area contributed by atoms with Gasteiger partial charge in [0.15, 0.2) is 0 Å². The lowest BCUT2D eigenvalue weighted by molar-refractivity contribution is -0.0529. The van der Waals surface area contributed by atoms with E-state index in [0.717, 1.165) is 17.9 Å². The summed E-state index contributed by atoms with van der Waals surface area (Å²) < 4.78 is 5.44. The number of rotatable bonds is 4. The molecule has 1 aliphatic heterocycles. The first-order chi connectivity index (χ1) is 10.1. The molecule has 0 unspecified atom stereocenters. The zero-order valence-corrected chi connectivity index (χ0v) is 12.4. The lowest BCUT2D eigenvalue weighted by atomic mass is 9.78. The summed E-state index contributed by atoms with van der Waals surface area (Å²) in [5.74, 6) is 0. The Morgan fingerprint density at radius 3 is 2.43 bits per heavy atom. The van der Waals surface area contributed by atoms with Crippen LogP contribution in [0.25, 0.3) is 0 Å². The molecule has 0 radical (unpaired) electrons.